The lowest BCUT2D eigenvalue weighted by Crippen LogP contribution is -2.10. The molecule has 12 aromatic carbocycles. The van der Waals surface area contributed by atoms with Gasteiger partial charge in [0.2, 0.25) is 5.78 Å². The van der Waals surface area contributed by atoms with Crippen molar-refractivity contribution in [3.63, 3.8) is 0 Å². The maximum Gasteiger partial charge on any atom is 0.220 e. The lowest BCUT2D eigenvalue weighted by atomic mass is 9.83. The van der Waals surface area contributed by atoms with Gasteiger partial charge in [-0.1, -0.05) is 236 Å². The molecule has 0 bridgehead atoms. The summed E-state index contributed by atoms with van der Waals surface area (Å²) in [5.74, 6) is 1.10. The average molecular weight is 1160 g/mol. The molecular weight excluding hydrogens is 1090 g/mol. The maximum absolute atomic E-state index is 5.49. The van der Waals surface area contributed by atoms with E-state index >= 15 is 0 Å². The zero-order valence-electron chi connectivity index (χ0n) is 51.9. The summed E-state index contributed by atoms with van der Waals surface area (Å²) in [7, 11) is 0. The lowest BCUT2D eigenvalue weighted by molar-refractivity contribution is 0.590. The van der Waals surface area contributed by atoms with Crippen LogP contribution in [0.15, 0.2) is 272 Å². The molecule has 2 aliphatic carbocycles. The number of imidazole rings is 2. The fourth-order valence-corrected chi connectivity index (χ4v) is 15.3. The molecule has 0 spiro atoms. The monoisotopic (exact) mass is 1160 g/mol. The summed E-state index contributed by atoms with van der Waals surface area (Å²) >= 11 is 0. The van der Waals surface area contributed by atoms with Crippen molar-refractivity contribution in [2.24, 2.45) is 0 Å². The van der Waals surface area contributed by atoms with E-state index in [4.69, 9.17) is 4.98 Å². The molecule has 4 nitrogen and oxygen atoms in total. The molecule has 2 aliphatic rings. The number of para-hydroxylation sites is 1. The Labute approximate surface area is 526 Å². The molecule has 4 heteroatoms. The highest BCUT2D eigenvalue weighted by Crippen LogP contribution is 2.59. The van der Waals surface area contributed by atoms with E-state index in [1.807, 2.05) is 0 Å². The van der Waals surface area contributed by atoms with Gasteiger partial charge in [-0.05, 0) is 197 Å². The molecule has 2 atom stereocenters. The third kappa shape index (κ3) is 8.45. The molecule has 0 aliphatic heterocycles. The molecule has 17 rings (SSSR count). The molecule has 3 aromatic heterocycles. The molecule has 0 saturated carbocycles. The van der Waals surface area contributed by atoms with Crippen LogP contribution in [0.3, 0.4) is 0 Å². The van der Waals surface area contributed by atoms with Gasteiger partial charge in [-0.25, -0.2) is 4.98 Å². The van der Waals surface area contributed by atoms with Crippen LogP contribution in [0.4, 0.5) is 0 Å². The van der Waals surface area contributed by atoms with Crippen LogP contribution in [0, 0.1) is 6.92 Å². The summed E-state index contributed by atoms with van der Waals surface area (Å²) in [4.78, 5) is 5.49. The van der Waals surface area contributed by atoms with Crippen LogP contribution in [0.5, 0.6) is 0 Å². The second-order valence-electron chi connectivity index (χ2n) is 27.1. The smallest absolute Gasteiger partial charge is 0.220 e. The number of allylic oxidation sites excluding steroid dienone is 1. The van der Waals surface area contributed by atoms with Gasteiger partial charge in [0, 0.05) is 33.9 Å². The minimum Gasteiger partial charge on any atom is -0.309 e. The van der Waals surface area contributed by atoms with E-state index in [-0.39, 0.29) is 22.7 Å². The molecule has 0 N–H and O–H groups in total. The predicted octanol–water partition coefficient (Wildman–Crippen LogP) is 22.4. The van der Waals surface area contributed by atoms with Crippen molar-refractivity contribution >= 4 is 55.7 Å². The van der Waals surface area contributed by atoms with Crippen LogP contribution in [0.25, 0.3) is 123 Å². The van der Waals surface area contributed by atoms with Gasteiger partial charge in [0.05, 0.1) is 38.8 Å². The first-order valence-electron chi connectivity index (χ1n) is 31.8. The van der Waals surface area contributed by atoms with Crippen LogP contribution < -0.4 is 0 Å². The van der Waals surface area contributed by atoms with Crippen molar-refractivity contribution in [1.82, 2.24) is 18.5 Å². The Kier molecular flexibility index (Phi) is 12.1. The topological polar surface area (TPSA) is 27.2 Å². The predicted molar refractivity (Wildman–Crippen MR) is 378 cm³/mol. The van der Waals surface area contributed by atoms with Gasteiger partial charge in [-0.2, -0.15) is 0 Å². The van der Waals surface area contributed by atoms with Crippen LogP contribution >= 0.6 is 0 Å². The highest BCUT2D eigenvalue weighted by atomic mass is 15.2. The van der Waals surface area contributed by atoms with E-state index in [2.05, 4.69) is 335 Å². The summed E-state index contributed by atoms with van der Waals surface area (Å²) < 4.78 is 7.34. The Morgan fingerprint density at radius 2 is 0.889 bits per heavy atom. The molecule has 2 unspecified atom stereocenters. The molecule has 0 radical (unpaired) electrons. The normalized spacial score (nSPS) is 14.7. The minimum absolute atomic E-state index is 0.0529. The van der Waals surface area contributed by atoms with Crippen LogP contribution in [-0.2, 0) is 10.8 Å². The molecule has 432 valence electrons. The van der Waals surface area contributed by atoms with E-state index in [0.717, 1.165) is 50.3 Å². The van der Waals surface area contributed by atoms with Crippen LogP contribution in [0.2, 0.25) is 0 Å². The van der Waals surface area contributed by atoms with Gasteiger partial charge in [0.25, 0.3) is 0 Å². The summed E-state index contributed by atoms with van der Waals surface area (Å²) in [6, 6.07) is 100. The highest BCUT2D eigenvalue weighted by molar-refractivity contribution is 6.11. The third-order valence-electron chi connectivity index (χ3n) is 19.7. The van der Waals surface area contributed by atoms with Crippen molar-refractivity contribution < 1.29 is 0 Å². The van der Waals surface area contributed by atoms with Crippen molar-refractivity contribution in [2.45, 2.75) is 71.1 Å². The number of rotatable bonds is 8. The number of fused-ring (bicyclic) bond motifs is 13. The quantitative estimate of drug-likeness (QED) is 0.149. The van der Waals surface area contributed by atoms with Gasteiger partial charge < -0.3 is 4.57 Å². The summed E-state index contributed by atoms with van der Waals surface area (Å²) in [6.07, 6.45) is 2.50. The Bertz CT molecular complexity index is 5340. The maximum atomic E-state index is 5.49. The van der Waals surface area contributed by atoms with E-state index < -0.39 is 0 Å². The Balaban J connectivity index is 0.979. The van der Waals surface area contributed by atoms with Gasteiger partial charge in [0.1, 0.15) is 0 Å². The molecule has 3 heterocycles. The largest absolute Gasteiger partial charge is 0.309 e. The SMILES string of the molecule is Cc1c(-c2ccc3c(c2)C2C(=Cc4ccc(-c5ccccc5)cc42)C3c2ccccc2)c(-c2ccccc2)cc(-n2c3ccc(C(C)(C)C)cc3c3cc(C(C)(C)C)ccc32)c1-c1ccc2c(c1)n1c3cc(-c4ccccc4)ccc3nc1n2-c1ccccc1. The summed E-state index contributed by atoms with van der Waals surface area (Å²) in [5, 5.41) is 2.52. The van der Waals surface area contributed by atoms with Gasteiger partial charge in [0.15, 0.2) is 0 Å². The fourth-order valence-electron chi connectivity index (χ4n) is 15.3. The second kappa shape index (κ2) is 20.2. The van der Waals surface area contributed by atoms with Crippen LogP contribution in [-0.4, -0.2) is 18.5 Å². The van der Waals surface area contributed by atoms with Gasteiger partial charge >= 0.3 is 0 Å². The van der Waals surface area contributed by atoms with Crippen molar-refractivity contribution in [3.8, 4) is 67.0 Å². The zero-order valence-corrected chi connectivity index (χ0v) is 51.9. The van der Waals surface area contributed by atoms with Crippen molar-refractivity contribution in [2.75, 3.05) is 0 Å². The molecular formula is C86H68N4. The van der Waals surface area contributed by atoms with Crippen molar-refractivity contribution in [3.05, 3.63) is 317 Å². The standard InChI is InChI=1S/C86H68N4/c1-53-80(61-35-40-66-71(47-61)83-67-45-58(54-23-13-8-14-24-54)33-34-60(67)46-72(83)82(66)57-29-19-11-20-30-57)68(56-27-17-10-18-28-56)52-79(89-74-43-38-63(85(2,3)4)50-69(74)70-51-64(86(5,6)7)39-44-75(70)89)81(53)62-37-42-76-78(49-62)90-77-48-59(55-25-15-9-16-26-55)36-41-73(77)87-84(90)88(76)65-31-21-12-22-32-65/h8-52,82-83H,1-7H3. The summed E-state index contributed by atoms with van der Waals surface area (Å²) in [6.45, 7) is 16.4. The Morgan fingerprint density at radius 1 is 0.367 bits per heavy atom. The van der Waals surface area contributed by atoms with E-state index in [1.165, 1.54) is 116 Å². The van der Waals surface area contributed by atoms with Gasteiger partial charge in [-0.15, -0.1) is 0 Å². The highest BCUT2D eigenvalue weighted by Gasteiger charge is 2.42. The first-order chi connectivity index (χ1) is 43.8. The fraction of sp³-hybridized carbons (Fsp3) is 0.128. The third-order valence-corrected chi connectivity index (χ3v) is 19.7. The number of nitrogens with zero attached hydrogens (tertiary/aromatic N) is 4. The van der Waals surface area contributed by atoms with E-state index in [0.29, 0.717) is 0 Å². The number of hydrogen-bond acceptors (Lipinski definition) is 1. The first kappa shape index (κ1) is 53.7. The van der Waals surface area contributed by atoms with E-state index in [9.17, 15) is 0 Å². The summed E-state index contributed by atoms with van der Waals surface area (Å²) in [5.41, 5.74) is 32.6. The molecule has 15 aromatic rings. The first-order valence-corrected chi connectivity index (χ1v) is 31.8. The number of benzene rings is 12. The number of hydrogen-bond donors (Lipinski definition) is 0. The zero-order chi connectivity index (χ0) is 60.7. The molecule has 0 amide bonds. The number of aromatic nitrogens is 4. The Morgan fingerprint density at radius 3 is 1.52 bits per heavy atom. The molecule has 0 fully saturated rings. The Hall–Kier alpha value is -10.6. The van der Waals surface area contributed by atoms with Crippen LogP contribution in [0.1, 0.15) is 97.9 Å². The average Bonchev–Trinajstić information content (AvgIpc) is 1.53. The minimum atomic E-state index is -0.0529. The van der Waals surface area contributed by atoms with Crippen molar-refractivity contribution in [1.29, 1.82) is 0 Å². The van der Waals surface area contributed by atoms with Gasteiger partial charge in [-0.3, -0.25) is 8.97 Å². The second-order valence-corrected chi connectivity index (χ2v) is 27.1. The van der Waals surface area contributed by atoms with E-state index in [1.54, 1.807) is 0 Å². The lowest BCUT2D eigenvalue weighted by Gasteiger charge is -2.24. The molecule has 0 saturated heterocycles. The molecule has 90 heavy (non-hydrogen) atoms.